The lowest BCUT2D eigenvalue weighted by Gasteiger charge is -1.97. The van der Waals surface area contributed by atoms with Crippen molar-refractivity contribution in [1.82, 2.24) is 4.98 Å². The van der Waals surface area contributed by atoms with Crippen molar-refractivity contribution in [2.24, 2.45) is 5.11 Å². The second kappa shape index (κ2) is 4.60. The van der Waals surface area contributed by atoms with Gasteiger partial charge >= 0.3 is 0 Å². The maximum Gasteiger partial charge on any atom is 0.146 e. The zero-order chi connectivity index (χ0) is 10.4. The van der Waals surface area contributed by atoms with Gasteiger partial charge in [-0.15, -0.1) is 0 Å². The van der Waals surface area contributed by atoms with Crippen LogP contribution >= 0.6 is 0 Å². The molecule has 6 nitrogen and oxygen atoms in total. The topological polar surface area (TPSA) is 114 Å². The zero-order valence-electron chi connectivity index (χ0n) is 7.31. The molecule has 0 spiro atoms. The smallest absolute Gasteiger partial charge is 0.146 e. The molecule has 0 saturated heterocycles. The zero-order valence-corrected chi connectivity index (χ0v) is 7.31. The van der Waals surface area contributed by atoms with E-state index in [9.17, 15) is 0 Å². The van der Waals surface area contributed by atoms with Gasteiger partial charge in [0.25, 0.3) is 0 Å². The summed E-state index contributed by atoms with van der Waals surface area (Å²) in [5.41, 5.74) is 19.9. The van der Waals surface area contributed by atoms with E-state index in [1.165, 1.54) is 6.20 Å². The fourth-order valence-electron chi connectivity index (χ4n) is 0.769. The molecule has 1 aromatic heterocycles. The third kappa shape index (κ3) is 2.59. The Hall–Kier alpha value is -2.38. The molecule has 0 fully saturated rings. The van der Waals surface area contributed by atoms with E-state index in [1.54, 1.807) is 6.07 Å². The Balaban J connectivity index is 2.80. The van der Waals surface area contributed by atoms with Crippen LogP contribution in [0, 0.1) is 11.8 Å². The maximum absolute atomic E-state index is 7.99. The van der Waals surface area contributed by atoms with Gasteiger partial charge in [0.2, 0.25) is 0 Å². The van der Waals surface area contributed by atoms with Crippen LogP contribution in [0.1, 0.15) is 5.56 Å². The van der Waals surface area contributed by atoms with Crippen LogP contribution in [-0.2, 0) is 0 Å². The first-order chi connectivity index (χ1) is 6.74. The number of rotatable bonds is 1. The molecular weight excluding hydrogens is 180 g/mol. The number of hydrogen-bond acceptors (Lipinski definition) is 4. The summed E-state index contributed by atoms with van der Waals surface area (Å²) in [6.45, 7) is 0.126. The van der Waals surface area contributed by atoms with Gasteiger partial charge in [0, 0.05) is 16.7 Å². The molecule has 4 N–H and O–H groups in total. The average Bonchev–Trinajstić information content (AvgIpc) is 2.18. The van der Waals surface area contributed by atoms with Crippen molar-refractivity contribution in [2.75, 3.05) is 18.0 Å². The van der Waals surface area contributed by atoms with E-state index >= 15 is 0 Å². The van der Waals surface area contributed by atoms with Crippen LogP contribution in [-0.4, -0.2) is 11.5 Å². The van der Waals surface area contributed by atoms with Gasteiger partial charge in [0.15, 0.2) is 0 Å². The second-order valence-electron chi connectivity index (χ2n) is 2.39. The van der Waals surface area contributed by atoms with Gasteiger partial charge in [-0.1, -0.05) is 17.0 Å². The second-order valence-corrected chi connectivity index (χ2v) is 2.39. The highest BCUT2D eigenvalue weighted by molar-refractivity contribution is 5.60. The first-order valence-corrected chi connectivity index (χ1v) is 3.74. The van der Waals surface area contributed by atoms with Gasteiger partial charge in [-0.25, -0.2) is 4.98 Å². The summed E-state index contributed by atoms with van der Waals surface area (Å²) in [6.07, 6.45) is 1.51. The number of pyridine rings is 1. The summed E-state index contributed by atoms with van der Waals surface area (Å²) in [5.74, 6) is 5.66. The van der Waals surface area contributed by atoms with Crippen LogP contribution in [0.25, 0.3) is 10.4 Å². The predicted molar refractivity (Wildman–Crippen MR) is 54.0 cm³/mol. The SMILES string of the molecule is [N-]=[N+]=NCC#Cc1cnc(N)c(N)c1. The molecule has 1 rings (SSSR count). The lowest BCUT2D eigenvalue weighted by molar-refractivity contribution is 1.25. The van der Waals surface area contributed by atoms with E-state index in [0.717, 1.165) is 0 Å². The first kappa shape index (κ1) is 9.71. The highest BCUT2D eigenvalue weighted by Crippen LogP contribution is 2.11. The van der Waals surface area contributed by atoms with Gasteiger partial charge in [-0.3, -0.25) is 0 Å². The summed E-state index contributed by atoms with van der Waals surface area (Å²) in [5, 5.41) is 3.26. The van der Waals surface area contributed by atoms with Crippen molar-refractivity contribution in [1.29, 1.82) is 0 Å². The number of anilines is 2. The minimum absolute atomic E-state index is 0.126. The van der Waals surface area contributed by atoms with Crippen molar-refractivity contribution in [3.8, 4) is 11.8 Å². The van der Waals surface area contributed by atoms with Crippen molar-refractivity contribution in [3.63, 3.8) is 0 Å². The molecule has 1 aromatic rings. The molecule has 0 aliphatic carbocycles. The Morgan fingerprint density at radius 1 is 1.57 bits per heavy atom. The van der Waals surface area contributed by atoms with E-state index in [1.807, 2.05) is 0 Å². The van der Waals surface area contributed by atoms with E-state index in [4.69, 9.17) is 17.0 Å². The quantitative estimate of drug-likeness (QED) is 0.295. The predicted octanol–water partition coefficient (Wildman–Crippen LogP) is 0.908. The molecule has 70 valence electrons. The molecule has 0 aliphatic rings. The van der Waals surface area contributed by atoms with Crippen LogP contribution < -0.4 is 11.5 Å². The number of nitrogens with zero attached hydrogens (tertiary/aromatic N) is 4. The van der Waals surface area contributed by atoms with E-state index in [0.29, 0.717) is 11.3 Å². The maximum atomic E-state index is 7.99. The summed E-state index contributed by atoms with van der Waals surface area (Å²) in [7, 11) is 0. The van der Waals surface area contributed by atoms with Crippen molar-refractivity contribution in [3.05, 3.63) is 28.3 Å². The van der Waals surface area contributed by atoms with Gasteiger partial charge in [-0.2, -0.15) is 0 Å². The molecular formula is C8H8N6. The lowest BCUT2D eigenvalue weighted by atomic mass is 10.2. The Bertz CT molecular complexity index is 435. The van der Waals surface area contributed by atoms with E-state index in [2.05, 4.69) is 26.9 Å². The third-order valence-corrected chi connectivity index (χ3v) is 1.40. The Kier molecular flexibility index (Phi) is 3.19. The highest BCUT2D eigenvalue weighted by atomic mass is 15.1. The minimum atomic E-state index is 0.126. The molecule has 0 unspecified atom stereocenters. The van der Waals surface area contributed by atoms with E-state index in [-0.39, 0.29) is 12.4 Å². The fraction of sp³-hybridized carbons (Fsp3) is 0.125. The molecule has 0 saturated carbocycles. The van der Waals surface area contributed by atoms with Crippen LogP contribution in [0.4, 0.5) is 11.5 Å². The monoisotopic (exact) mass is 188 g/mol. The van der Waals surface area contributed by atoms with Gasteiger partial charge in [0.1, 0.15) is 5.82 Å². The molecule has 0 aliphatic heterocycles. The van der Waals surface area contributed by atoms with Gasteiger partial charge in [-0.05, 0) is 11.6 Å². The molecule has 0 atom stereocenters. The summed E-state index contributed by atoms with van der Waals surface area (Å²) >= 11 is 0. The molecule has 0 radical (unpaired) electrons. The summed E-state index contributed by atoms with van der Waals surface area (Å²) in [6, 6.07) is 1.62. The molecule has 0 bridgehead atoms. The lowest BCUT2D eigenvalue weighted by Crippen LogP contribution is -1.97. The Morgan fingerprint density at radius 3 is 3.00 bits per heavy atom. The van der Waals surface area contributed by atoms with Crippen LogP contribution in [0.3, 0.4) is 0 Å². The minimum Gasteiger partial charge on any atom is -0.396 e. The molecule has 6 heteroatoms. The first-order valence-electron chi connectivity index (χ1n) is 3.74. The third-order valence-electron chi connectivity index (χ3n) is 1.40. The Labute approximate surface area is 80.6 Å². The number of azide groups is 1. The van der Waals surface area contributed by atoms with Crippen molar-refractivity contribution < 1.29 is 0 Å². The summed E-state index contributed by atoms with van der Waals surface area (Å²) < 4.78 is 0. The van der Waals surface area contributed by atoms with Crippen LogP contribution in [0.15, 0.2) is 17.4 Å². The largest absolute Gasteiger partial charge is 0.396 e. The normalized spacial score (nSPS) is 8.29. The number of hydrogen-bond donors (Lipinski definition) is 2. The van der Waals surface area contributed by atoms with Crippen molar-refractivity contribution in [2.45, 2.75) is 0 Å². The van der Waals surface area contributed by atoms with Crippen LogP contribution in [0.2, 0.25) is 0 Å². The molecule has 0 amide bonds. The number of nitrogens with two attached hydrogens (primary N) is 2. The number of nitrogen functional groups attached to an aromatic ring is 2. The Morgan fingerprint density at radius 2 is 2.36 bits per heavy atom. The average molecular weight is 188 g/mol. The fourth-order valence-corrected chi connectivity index (χ4v) is 0.769. The standard InChI is InChI=1S/C8H8N6/c9-7-4-6(5-12-8(7)10)2-1-3-13-14-11/h4-5H,3,9H2,(H2,10,12). The molecule has 0 aromatic carbocycles. The van der Waals surface area contributed by atoms with Crippen molar-refractivity contribution >= 4 is 11.5 Å². The van der Waals surface area contributed by atoms with E-state index < -0.39 is 0 Å². The van der Waals surface area contributed by atoms with Crippen LogP contribution in [0.5, 0.6) is 0 Å². The van der Waals surface area contributed by atoms with Gasteiger partial charge < -0.3 is 11.5 Å². The number of aromatic nitrogens is 1. The highest BCUT2D eigenvalue weighted by Gasteiger charge is 1.94. The summed E-state index contributed by atoms with van der Waals surface area (Å²) in [4.78, 5) is 6.39. The van der Waals surface area contributed by atoms with Gasteiger partial charge in [0.05, 0.1) is 12.2 Å². The molecule has 14 heavy (non-hydrogen) atoms. The molecule has 1 heterocycles.